The first-order chi connectivity index (χ1) is 12.7. The molecule has 2 N–H and O–H groups in total. The summed E-state index contributed by atoms with van der Waals surface area (Å²) in [5, 5.41) is 3.02. The van der Waals surface area contributed by atoms with Crippen molar-refractivity contribution >= 4 is 39.2 Å². The lowest BCUT2D eigenvalue weighted by atomic mass is 10.3. The lowest BCUT2D eigenvalue weighted by Gasteiger charge is -2.14. The minimum absolute atomic E-state index is 0.330. The van der Waals surface area contributed by atoms with Crippen molar-refractivity contribution in [3.8, 4) is 0 Å². The average molecular weight is 415 g/mol. The maximum absolute atomic E-state index is 13.1. The number of halogens is 2. The summed E-state index contributed by atoms with van der Waals surface area (Å²) in [6.45, 7) is 0.627. The number of esters is 1. The molecule has 0 saturated carbocycles. The van der Waals surface area contributed by atoms with Crippen molar-refractivity contribution < 1.29 is 27.1 Å². The van der Waals surface area contributed by atoms with Crippen LogP contribution in [0.15, 0.2) is 53.4 Å². The van der Waals surface area contributed by atoms with Crippen LogP contribution in [-0.2, 0) is 24.3 Å². The molecule has 0 radical (unpaired) electrons. The fourth-order valence-electron chi connectivity index (χ4n) is 1.94. The van der Waals surface area contributed by atoms with Crippen molar-refractivity contribution in [3.05, 3.63) is 59.4 Å². The Balaban J connectivity index is 1.87. The minimum Gasteiger partial charge on any atom is -0.452 e. The summed E-state index contributed by atoms with van der Waals surface area (Å²) in [4.78, 5) is 23.4. The zero-order valence-corrected chi connectivity index (χ0v) is 15.7. The molecule has 144 valence electrons. The highest BCUT2D eigenvalue weighted by Gasteiger charge is 2.21. The molecule has 7 nitrogen and oxygen atoms in total. The minimum atomic E-state index is -4.09. The molecule has 2 rings (SSSR count). The van der Waals surface area contributed by atoms with Gasteiger partial charge in [0, 0.05) is 10.7 Å². The lowest BCUT2D eigenvalue weighted by Crippen LogP contribution is -2.35. The number of sulfonamides is 1. The number of hydrogen-bond acceptors (Lipinski definition) is 5. The molecule has 0 heterocycles. The van der Waals surface area contributed by atoms with E-state index in [-0.39, 0.29) is 4.90 Å². The predicted molar refractivity (Wildman–Crippen MR) is 97.2 cm³/mol. The summed E-state index contributed by atoms with van der Waals surface area (Å²) in [5.41, 5.74) is 0.458. The zero-order valence-electron chi connectivity index (χ0n) is 14.1. The van der Waals surface area contributed by atoms with E-state index in [1.54, 1.807) is 24.3 Å². The molecule has 0 aliphatic rings. The van der Waals surface area contributed by atoms with Crippen molar-refractivity contribution in [1.82, 2.24) is 4.72 Å². The van der Waals surface area contributed by atoms with Crippen LogP contribution < -0.4 is 10.0 Å². The largest absolute Gasteiger partial charge is 0.452 e. The average Bonchev–Trinajstić information content (AvgIpc) is 2.62. The van der Waals surface area contributed by atoms with E-state index in [1.807, 2.05) is 4.72 Å². The summed E-state index contributed by atoms with van der Waals surface area (Å²) >= 11 is 5.75. The van der Waals surface area contributed by atoms with Crippen LogP contribution in [0.1, 0.15) is 6.92 Å². The topological polar surface area (TPSA) is 102 Å². The second-order valence-corrected chi connectivity index (χ2v) is 7.61. The number of amides is 1. The van der Waals surface area contributed by atoms with Gasteiger partial charge in [0.2, 0.25) is 10.0 Å². The van der Waals surface area contributed by atoms with Gasteiger partial charge in [-0.1, -0.05) is 17.7 Å². The third-order valence-electron chi connectivity index (χ3n) is 3.30. The number of benzene rings is 2. The van der Waals surface area contributed by atoms with E-state index in [2.05, 4.69) is 5.32 Å². The lowest BCUT2D eigenvalue weighted by molar-refractivity contribution is -0.151. The van der Waals surface area contributed by atoms with E-state index in [4.69, 9.17) is 16.3 Å². The fraction of sp³-hybridized carbons (Fsp3) is 0.176. The number of anilines is 1. The molecule has 0 aliphatic carbocycles. The summed E-state index contributed by atoms with van der Waals surface area (Å²) in [5.74, 6) is -2.29. The molecular formula is C17H16ClFN2O5S. The summed E-state index contributed by atoms with van der Waals surface area (Å²) in [6, 6.07) is 10.6. The molecule has 0 aromatic heterocycles. The number of carbonyl (C=O) groups is 2. The van der Waals surface area contributed by atoms with Gasteiger partial charge in [-0.15, -0.1) is 0 Å². The van der Waals surface area contributed by atoms with Crippen molar-refractivity contribution in [3.63, 3.8) is 0 Å². The predicted octanol–water partition coefficient (Wildman–Crippen LogP) is 2.33. The van der Waals surface area contributed by atoms with Gasteiger partial charge >= 0.3 is 5.97 Å². The quantitative estimate of drug-likeness (QED) is 0.677. The Kier molecular flexibility index (Phi) is 6.89. The SMILES string of the molecule is C[C@H](OC(=O)CNS(=O)(=O)c1cccc(F)c1)C(=O)Nc1ccc(Cl)cc1. The monoisotopic (exact) mass is 414 g/mol. The Morgan fingerprint density at radius 3 is 2.48 bits per heavy atom. The molecule has 0 saturated heterocycles. The van der Waals surface area contributed by atoms with Crippen molar-refractivity contribution in [1.29, 1.82) is 0 Å². The first kappa shape index (κ1) is 20.8. The second-order valence-electron chi connectivity index (χ2n) is 5.41. The van der Waals surface area contributed by atoms with Crippen LogP contribution in [0, 0.1) is 5.82 Å². The van der Waals surface area contributed by atoms with Gasteiger partial charge in [-0.05, 0) is 49.4 Å². The highest BCUT2D eigenvalue weighted by Crippen LogP contribution is 2.14. The Bertz CT molecular complexity index is 935. The van der Waals surface area contributed by atoms with Crippen molar-refractivity contribution in [2.24, 2.45) is 0 Å². The normalized spacial score (nSPS) is 12.3. The maximum Gasteiger partial charge on any atom is 0.321 e. The molecular weight excluding hydrogens is 399 g/mol. The first-order valence-electron chi connectivity index (χ1n) is 7.68. The van der Waals surface area contributed by atoms with Gasteiger partial charge in [0.05, 0.1) is 4.90 Å². The number of hydrogen-bond donors (Lipinski definition) is 2. The first-order valence-corrected chi connectivity index (χ1v) is 9.54. The van der Waals surface area contributed by atoms with Crippen LogP contribution in [0.2, 0.25) is 5.02 Å². The molecule has 2 aromatic rings. The molecule has 0 aliphatic heterocycles. The zero-order chi connectivity index (χ0) is 20.0. The van der Waals surface area contributed by atoms with Crippen LogP contribution in [-0.4, -0.2) is 32.9 Å². The molecule has 0 fully saturated rings. The van der Waals surface area contributed by atoms with Gasteiger partial charge in [-0.25, -0.2) is 12.8 Å². The van der Waals surface area contributed by atoms with E-state index < -0.39 is 40.4 Å². The smallest absolute Gasteiger partial charge is 0.321 e. The molecule has 10 heteroatoms. The summed E-state index contributed by atoms with van der Waals surface area (Å²) < 4.78 is 44.0. The number of ether oxygens (including phenoxy) is 1. The highest BCUT2D eigenvalue weighted by atomic mass is 35.5. The molecule has 27 heavy (non-hydrogen) atoms. The fourth-order valence-corrected chi connectivity index (χ4v) is 3.07. The Morgan fingerprint density at radius 1 is 1.19 bits per heavy atom. The molecule has 1 atom stereocenters. The van der Waals surface area contributed by atoms with Crippen molar-refractivity contribution in [2.45, 2.75) is 17.9 Å². The van der Waals surface area contributed by atoms with Crippen LogP contribution in [0.5, 0.6) is 0 Å². The van der Waals surface area contributed by atoms with E-state index >= 15 is 0 Å². The van der Waals surface area contributed by atoms with Gasteiger partial charge < -0.3 is 10.1 Å². The molecule has 1 amide bonds. The number of rotatable bonds is 7. The molecule has 2 aromatic carbocycles. The highest BCUT2D eigenvalue weighted by molar-refractivity contribution is 7.89. The number of nitrogens with one attached hydrogen (secondary N) is 2. The van der Waals surface area contributed by atoms with Gasteiger partial charge in [-0.3, -0.25) is 9.59 Å². The Hall–Kier alpha value is -2.49. The Labute approximate surface area is 160 Å². The van der Waals surface area contributed by atoms with E-state index in [0.29, 0.717) is 10.7 Å². The van der Waals surface area contributed by atoms with E-state index in [9.17, 15) is 22.4 Å². The van der Waals surface area contributed by atoms with Crippen LogP contribution >= 0.6 is 11.6 Å². The van der Waals surface area contributed by atoms with Crippen LogP contribution in [0.4, 0.5) is 10.1 Å². The van der Waals surface area contributed by atoms with Gasteiger partial charge in [0.1, 0.15) is 12.4 Å². The maximum atomic E-state index is 13.1. The molecule has 0 spiro atoms. The third-order valence-corrected chi connectivity index (χ3v) is 4.95. The van der Waals surface area contributed by atoms with Gasteiger partial charge in [0.25, 0.3) is 5.91 Å². The molecule has 0 bridgehead atoms. The van der Waals surface area contributed by atoms with Gasteiger partial charge in [-0.2, -0.15) is 4.72 Å². The second kappa shape index (κ2) is 8.94. The molecule has 0 unspecified atom stereocenters. The summed E-state index contributed by atoms with van der Waals surface area (Å²) in [6.07, 6.45) is -1.16. The van der Waals surface area contributed by atoms with Crippen LogP contribution in [0.25, 0.3) is 0 Å². The van der Waals surface area contributed by atoms with Crippen LogP contribution in [0.3, 0.4) is 0 Å². The Morgan fingerprint density at radius 2 is 1.85 bits per heavy atom. The summed E-state index contributed by atoms with van der Waals surface area (Å²) in [7, 11) is -4.09. The number of carbonyl (C=O) groups excluding carboxylic acids is 2. The van der Waals surface area contributed by atoms with Crippen molar-refractivity contribution in [2.75, 3.05) is 11.9 Å². The third kappa shape index (κ3) is 6.31. The van der Waals surface area contributed by atoms with Gasteiger partial charge in [0.15, 0.2) is 6.10 Å². The van der Waals surface area contributed by atoms with E-state index in [1.165, 1.54) is 19.1 Å². The van der Waals surface area contributed by atoms with E-state index in [0.717, 1.165) is 12.1 Å². The standard InChI is InChI=1S/C17H16ClFN2O5S/c1-11(17(23)21-14-7-5-12(18)6-8-14)26-16(22)10-20-27(24,25)15-4-2-3-13(19)9-15/h2-9,11,20H,10H2,1H3,(H,21,23)/t11-/m0/s1.